The molecule has 1 saturated heterocycles. The Bertz CT molecular complexity index is 448. The number of likely N-dealkylation sites (N-methyl/N-ethyl adjacent to an activating group) is 1. The number of carbonyl (C=O) groups is 1. The second kappa shape index (κ2) is 5.34. The fraction of sp³-hybridized carbons (Fsp3) is 0.600. The molecule has 1 aliphatic heterocycles. The molecule has 1 aromatic heterocycles. The minimum atomic E-state index is -0.447. The van der Waals surface area contributed by atoms with Gasteiger partial charge >= 0.3 is 0 Å². The summed E-state index contributed by atoms with van der Waals surface area (Å²) in [5.41, 5.74) is 5.13. The molecule has 2 rings (SSSR count). The number of rotatable bonds is 4. The van der Waals surface area contributed by atoms with E-state index in [0.717, 1.165) is 25.9 Å². The summed E-state index contributed by atoms with van der Waals surface area (Å²) in [6.45, 7) is 1.87. The van der Waals surface area contributed by atoms with Gasteiger partial charge in [0.05, 0.1) is 6.54 Å². The van der Waals surface area contributed by atoms with Crippen molar-refractivity contribution < 1.29 is 4.79 Å². The first-order valence-corrected chi connectivity index (χ1v) is 6.10. The second-order valence-electron chi connectivity index (χ2n) is 4.22. The van der Waals surface area contributed by atoms with E-state index in [2.05, 4.69) is 19.9 Å². The molecular weight excluding hydrogens is 256 g/mol. The van der Waals surface area contributed by atoms with Crippen molar-refractivity contribution in [1.29, 1.82) is 0 Å². The zero-order valence-electron chi connectivity index (χ0n) is 10.1. The number of carbonyl (C=O) groups excluding carboxylic acids is 1. The Morgan fingerprint density at radius 3 is 2.67 bits per heavy atom. The van der Waals surface area contributed by atoms with Gasteiger partial charge in [-0.15, -0.1) is 0 Å². The van der Waals surface area contributed by atoms with Crippen LogP contribution in [0.5, 0.6) is 0 Å². The third-order valence-electron chi connectivity index (χ3n) is 2.71. The van der Waals surface area contributed by atoms with Gasteiger partial charge in [-0.05, 0) is 24.4 Å². The molecule has 0 bridgehead atoms. The van der Waals surface area contributed by atoms with Gasteiger partial charge in [0, 0.05) is 20.1 Å². The predicted molar refractivity (Wildman–Crippen MR) is 68.7 cm³/mol. The van der Waals surface area contributed by atoms with Gasteiger partial charge in [-0.25, -0.2) is 0 Å². The number of primary amides is 1. The van der Waals surface area contributed by atoms with Crippen molar-refractivity contribution in [2.75, 3.05) is 36.5 Å². The van der Waals surface area contributed by atoms with Crippen LogP contribution in [0, 0.1) is 0 Å². The van der Waals surface area contributed by atoms with Crippen molar-refractivity contribution in [3.63, 3.8) is 0 Å². The van der Waals surface area contributed by atoms with Gasteiger partial charge in [0.2, 0.25) is 23.1 Å². The summed E-state index contributed by atoms with van der Waals surface area (Å²) in [6, 6.07) is 0. The van der Waals surface area contributed by atoms with Crippen LogP contribution < -0.4 is 15.5 Å². The summed E-state index contributed by atoms with van der Waals surface area (Å²) in [6.07, 6.45) is 2.24. The van der Waals surface area contributed by atoms with E-state index in [1.54, 1.807) is 11.9 Å². The standard InChI is InChI=1S/C10H15ClN6O/c1-16(6-7(12)18)9-13-8(11)14-10(15-9)17-4-2-3-5-17/h2-6H2,1H3,(H2,12,18). The molecule has 0 spiro atoms. The van der Waals surface area contributed by atoms with Crippen LogP contribution in [0.15, 0.2) is 0 Å². The van der Waals surface area contributed by atoms with Crippen LogP contribution in [-0.2, 0) is 4.79 Å². The summed E-state index contributed by atoms with van der Waals surface area (Å²) in [5.74, 6) is 0.464. The van der Waals surface area contributed by atoms with E-state index in [-0.39, 0.29) is 11.8 Å². The molecule has 0 saturated carbocycles. The third kappa shape index (κ3) is 2.98. The SMILES string of the molecule is CN(CC(N)=O)c1nc(Cl)nc(N2CCCC2)n1. The van der Waals surface area contributed by atoms with E-state index in [1.807, 2.05) is 0 Å². The van der Waals surface area contributed by atoms with Crippen LogP contribution in [0.4, 0.5) is 11.9 Å². The van der Waals surface area contributed by atoms with E-state index in [0.29, 0.717) is 11.9 Å². The lowest BCUT2D eigenvalue weighted by Crippen LogP contribution is -2.32. The van der Waals surface area contributed by atoms with Gasteiger partial charge in [0.25, 0.3) is 0 Å². The summed E-state index contributed by atoms with van der Waals surface area (Å²) < 4.78 is 0. The smallest absolute Gasteiger partial charge is 0.237 e. The number of nitrogens with zero attached hydrogens (tertiary/aromatic N) is 5. The molecule has 8 heteroatoms. The van der Waals surface area contributed by atoms with Gasteiger partial charge in [-0.1, -0.05) is 0 Å². The maximum Gasteiger partial charge on any atom is 0.237 e. The molecule has 0 aromatic carbocycles. The molecule has 18 heavy (non-hydrogen) atoms. The number of halogens is 1. The van der Waals surface area contributed by atoms with Crippen molar-refractivity contribution in [3.8, 4) is 0 Å². The number of anilines is 2. The van der Waals surface area contributed by atoms with Crippen LogP contribution in [0.2, 0.25) is 5.28 Å². The van der Waals surface area contributed by atoms with Crippen molar-refractivity contribution in [3.05, 3.63) is 5.28 Å². The molecule has 0 radical (unpaired) electrons. The topological polar surface area (TPSA) is 88.2 Å². The Hall–Kier alpha value is -1.63. The zero-order valence-corrected chi connectivity index (χ0v) is 10.9. The zero-order chi connectivity index (χ0) is 13.1. The maximum atomic E-state index is 10.9. The van der Waals surface area contributed by atoms with E-state index >= 15 is 0 Å². The van der Waals surface area contributed by atoms with E-state index < -0.39 is 5.91 Å². The Morgan fingerprint density at radius 2 is 2.06 bits per heavy atom. The van der Waals surface area contributed by atoms with Crippen LogP contribution in [0.3, 0.4) is 0 Å². The Morgan fingerprint density at radius 1 is 1.39 bits per heavy atom. The Kier molecular flexibility index (Phi) is 3.81. The number of hydrogen-bond acceptors (Lipinski definition) is 6. The highest BCUT2D eigenvalue weighted by Gasteiger charge is 2.18. The summed E-state index contributed by atoms with van der Waals surface area (Å²) in [7, 11) is 1.68. The molecule has 0 aliphatic carbocycles. The van der Waals surface area contributed by atoms with Crippen molar-refractivity contribution in [1.82, 2.24) is 15.0 Å². The quantitative estimate of drug-likeness (QED) is 0.831. The van der Waals surface area contributed by atoms with E-state index in [4.69, 9.17) is 17.3 Å². The average molecular weight is 271 g/mol. The fourth-order valence-corrected chi connectivity index (χ4v) is 2.01. The molecule has 2 N–H and O–H groups in total. The molecule has 1 aromatic rings. The van der Waals surface area contributed by atoms with Crippen LogP contribution in [0.1, 0.15) is 12.8 Å². The van der Waals surface area contributed by atoms with E-state index in [9.17, 15) is 4.79 Å². The van der Waals surface area contributed by atoms with Gasteiger partial charge in [0.15, 0.2) is 0 Å². The summed E-state index contributed by atoms with van der Waals surface area (Å²) >= 11 is 5.88. The molecule has 2 heterocycles. The van der Waals surface area contributed by atoms with Crippen LogP contribution >= 0.6 is 11.6 Å². The average Bonchev–Trinajstić information content (AvgIpc) is 2.80. The molecule has 98 valence electrons. The minimum absolute atomic E-state index is 0.0415. The number of amides is 1. The molecule has 0 atom stereocenters. The monoisotopic (exact) mass is 270 g/mol. The van der Waals surface area contributed by atoms with Crippen molar-refractivity contribution in [2.45, 2.75) is 12.8 Å². The third-order valence-corrected chi connectivity index (χ3v) is 2.88. The van der Waals surface area contributed by atoms with Crippen LogP contribution in [0.25, 0.3) is 0 Å². The highest BCUT2D eigenvalue weighted by molar-refractivity contribution is 6.28. The lowest BCUT2D eigenvalue weighted by molar-refractivity contribution is -0.116. The lowest BCUT2D eigenvalue weighted by atomic mass is 10.4. The first-order valence-electron chi connectivity index (χ1n) is 5.72. The first kappa shape index (κ1) is 12.8. The van der Waals surface area contributed by atoms with Crippen LogP contribution in [-0.4, -0.2) is 47.5 Å². The molecule has 0 unspecified atom stereocenters. The summed E-state index contributed by atoms with van der Waals surface area (Å²) in [4.78, 5) is 26.9. The van der Waals surface area contributed by atoms with Gasteiger partial charge in [0.1, 0.15) is 0 Å². The van der Waals surface area contributed by atoms with Crippen molar-refractivity contribution in [2.24, 2.45) is 5.73 Å². The molecule has 1 fully saturated rings. The van der Waals surface area contributed by atoms with E-state index in [1.165, 1.54) is 0 Å². The maximum absolute atomic E-state index is 10.9. The minimum Gasteiger partial charge on any atom is -0.368 e. The lowest BCUT2D eigenvalue weighted by Gasteiger charge is -2.19. The fourth-order valence-electron chi connectivity index (χ4n) is 1.86. The normalized spacial score (nSPS) is 14.9. The van der Waals surface area contributed by atoms with Gasteiger partial charge < -0.3 is 15.5 Å². The Labute approximate surface area is 110 Å². The molecular formula is C10H15ClN6O. The first-order chi connectivity index (χ1) is 8.56. The van der Waals surface area contributed by atoms with Crippen molar-refractivity contribution >= 4 is 29.4 Å². The van der Waals surface area contributed by atoms with Gasteiger partial charge in [-0.3, -0.25) is 4.79 Å². The highest BCUT2D eigenvalue weighted by Crippen LogP contribution is 2.19. The molecule has 7 nitrogen and oxygen atoms in total. The Balaban J connectivity index is 2.22. The predicted octanol–water partition coefficient (Wildman–Crippen LogP) is 0.0467. The largest absolute Gasteiger partial charge is 0.368 e. The number of aromatic nitrogens is 3. The molecule has 1 amide bonds. The molecule has 1 aliphatic rings. The van der Waals surface area contributed by atoms with Gasteiger partial charge in [-0.2, -0.15) is 15.0 Å². The number of nitrogens with two attached hydrogens (primary N) is 1. The summed E-state index contributed by atoms with van der Waals surface area (Å²) in [5, 5.41) is 0.123. The highest BCUT2D eigenvalue weighted by atomic mass is 35.5. The second-order valence-corrected chi connectivity index (χ2v) is 4.56. The number of hydrogen-bond donors (Lipinski definition) is 1.